The number of thiazole rings is 1. The van der Waals surface area contributed by atoms with Crippen molar-refractivity contribution in [3.8, 4) is 0 Å². The summed E-state index contributed by atoms with van der Waals surface area (Å²) in [7, 11) is 0. The van der Waals surface area contributed by atoms with Crippen molar-refractivity contribution < 1.29 is 4.79 Å². The van der Waals surface area contributed by atoms with Crippen molar-refractivity contribution in [2.45, 2.75) is 6.42 Å². The Morgan fingerprint density at radius 1 is 1.40 bits per heavy atom. The number of carbonyl (C=O) groups excluding carboxylic acids is 1. The van der Waals surface area contributed by atoms with Gasteiger partial charge in [0.1, 0.15) is 0 Å². The monoisotopic (exact) mass is 218 g/mol. The summed E-state index contributed by atoms with van der Waals surface area (Å²) in [6.45, 7) is 1.41. The van der Waals surface area contributed by atoms with Gasteiger partial charge in [0.2, 0.25) is 0 Å². The molecule has 0 spiro atoms. The highest BCUT2D eigenvalue weighted by molar-refractivity contribution is 7.16. The molecule has 1 fully saturated rings. The smallest absolute Gasteiger partial charge is 0.153 e. The molecule has 3 nitrogen and oxygen atoms in total. The van der Waals surface area contributed by atoms with E-state index in [1.165, 1.54) is 4.70 Å². The summed E-state index contributed by atoms with van der Waals surface area (Å²) >= 11 is 1.64. The predicted octanol–water partition coefficient (Wildman–Crippen LogP) is 2.08. The van der Waals surface area contributed by atoms with Gasteiger partial charge < -0.3 is 4.90 Å². The third-order valence-electron chi connectivity index (χ3n) is 2.71. The van der Waals surface area contributed by atoms with Crippen LogP contribution in [-0.4, -0.2) is 23.9 Å². The number of rotatable bonds is 1. The van der Waals surface area contributed by atoms with Crippen molar-refractivity contribution in [3.63, 3.8) is 0 Å². The number of ketones is 1. The van der Waals surface area contributed by atoms with Gasteiger partial charge in [0.25, 0.3) is 0 Å². The molecular weight excluding hydrogens is 208 g/mol. The van der Waals surface area contributed by atoms with Gasteiger partial charge in [0, 0.05) is 18.7 Å². The Balaban J connectivity index is 2.00. The lowest BCUT2D eigenvalue weighted by Crippen LogP contribution is -2.19. The number of aromatic nitrogens is 1. The first-order chi connectivity index (χ1) is 7.33. The zero-order valence-corrected chi connectivity index (χ0v) is 8.96. The van der Waals surface area contributed by atoms with E-state index in [0.29, 0.717) is 18.7 Å². The average molecular weight is 218 g/mol. The normalized spacial score (nSPS) is 16.5. The Morgan fingerprint density at radius 3 is 3.13 bits per heavy atom. The molecule has 1 aliphatic heterocycles. The van der Waals surface area contributed by atoms with Crippen LogP contribution < -0.4 is 4.90 Å². The Hall–Kier alpha value is -1.42. The molecule has 76 valence electrons. The average Bonchev–Trinajstić information content (AvgIpc) is 2.84. The molecular formula is C11H10N2OS. The SMILES string of the molecule is O=C1CCN(c2ccc3ncsc3c2)C1. The predicted molar refractivity (Wildman–Crippen MR) is 61.5 cm³/mol. The van der Waals surface area contributed by atoms with Crippen LogP contribution in [0, 0.1) is 0 Å². The second-order valence-corrected chi connectivity index (χ2v) is 4.60. The zero-order valence-electron chi connectivity index (χ0n) is 8.14. The largest absolute Gasteiger partial charge is 0.364 e. The molecule has 2 aromatic rings. The molecule has 0 radical (unpaired) electrons. The number of hydrogen-bond acceptors (Lipinski definition) is 4. The summed E-state index contributed by atoms with van der Waals surface area (Å²) in [6, 6.07) is 6.18. The number of carbonyl (C=O) groups is 1. The van der Waals surface area contributed by atoms with Crippen LogP contribution in [-0.2, 0) is 4.79 Å². The first-order valence-electron chi connectivity index (χ1n) is 4.93. The Kier molecular flexibility index (Phi) is 1.95. The van der Waals surface area contributed by atoms with E-state index in [2.05, 4.69) is 16.0 Å². The van der Waals surface area contributed by atoms with Crippen molar-refractivity contribution in [1.29, 1.82) is 0 Å². The molecule has 2 heterocycles. The fraction of sp³-hybridized carbons (Fsp3) is 0.273. The highest BCUT2D eigenvalue weighted by atomic mass is 32.1. The molecule has 1 aromatic carbocycles. The van der Waals surface area contributed by atoms with E-state index in [0.717, 1.165) is 17.7 Å². The molecule has 1 saturated heterocycles. The topological polar surface area (TPSA) is 33.2 Å². The fourth-order valence-electron chi connectivity index (χ4n) is 1.89. The Bertz CT molecular complexity index is 520. The summed E-state index contributed by atoms with van der Waals surface area (Å²) in [6.07, 6.45) is 0.681. The van der Waals surface area contributed by atoms with E-state index in [1.54, 1.807) is 11.3 Å². The summed E-state index contributed by atoms with van der Waals surface area (Å²) in [4.78, 5) is 17.5. The highest BCUT2D eigenvalue weighted by Crippen LogP contribution is 2.25. The number of benzene rings is 1. The summed E-state index contributed by atoms with van der Waals surface area (Å²) in [5, 5.41) is 0. The van der Waals surface area contributed by atoms with Crippen LogP contribution in [0.4, 0.5) is 5.69 Å². The van der Waals surface area contributed by atoms with Crippen molar-refractivity contribution >= 4 is 33.0 Å². The standard InChI is InChI=1S/C11H10N2OS/c14-9-3-4-13(6-9)8-1-2-10-11(5-8)15-7-12-10/h1-2,5,7H,3-4,6H2. The van der Waals surface area contributed by atoms with Crippen molar-refractivity contribution in [3.05, 3.63) is 23.7 Å². The van der Waals surface area contributed by atoms with Crippen molar-refractivity contribution in [2.24, 2.45) is 0 Å². The maximum absolute atomic E-state index is 11.2. The summed E-state index contributed by atoms with van der Waals surface area (Å²) in [5.41, 5.74) is 4.02. The number of nitrogens with zero attached hydrogens (tertiary/aromatic N) is 2. The first kappa shape index (κ1) is 8.85. The molecule has 15 heavy (non-hydrogen) atoms. The van der Waals surface area contributed by atoms with Gasteiger partial charge in [-0.2, -0.15) is 0 Å². The number of hydrogen-bond donors (Lipinski definition) is 0. The van der Waals surface area contributed by atoms with Crippen LogP contribution >= 0.6 is 11.3 Å². The van der Waals surface area contributed by atoms with E-state index < -0.39 is 0 Å². The van der Waals surface area contributed by atoms with Crippen LogP contribution in [0.15, 0.2) is 23.7 Å². The van der Waals surface area contributed by atoms with Crippen LogP contribution in [0.25, 0.3) is 10.2 Å². The minimum absolute atomic E-state index is 0.333. The first-order valence-corrected chi connectivity index (χ1v) is 5.81. The third kappa shape index (κ3) is 1.51. The molecule has 0 atom stereocenters. The van der Waals surface area contributed by atoms with E-state index in [1.807, 2.05) is 17.6 Å². The van der Waals surface area contributed by atoms with Gasteiger partial charge >= 0.3 is 0 Å². The number of fused-ring (bicyclic) bond motifs is 1. The van der Waals surface area contributed by atoms with E-state index in [9.17, 15) is 4.79 Å². The van der Waals surface area contributed by atoms with Crippen LogP contribution in [0.1, 0.15) is 6.42 Å². The lowest BCUT2D eigenvalue weighted by molar-refractivity contribution is -0.116. The molecule has 0 bridgehead atoms. The van der Waals surface area contributed by atoms with E-state index in [4.69, 9.17) is 0 Å². The highest BCUT2D eigenvalue weighted by Gasteiger charge is 2.19. The Morgan fingerprint density at radius 2 is 2.33 bits per heavy atom. The van der Waals surface area contributed by atoms with Crippen LogP contribution in [0.5, 0.6) is 0 Å². The van der Waals surface area contributed by atoms with E-state index in [-0.39, 0.29) is 0 Å². The fourth-order valence-corrected chi connectivity index (χ4v) is 2.60. The minimum Gasteiger partial charge on any atom is -0.364 e. The van der Waals surface area contributed by atoms with Crippen LogP contribution in [0.3, 0.4) is 0 Å². The third-order valence-corrected chi connectivity index (χ3v) is 3.50. The van der Waals surface area contributed by atoms with Gasteiger partial charge in [-0.05, 0) is 18.2 Å². The molecule has 0 amide bonds. The molecule has 1 aliphatic rings. The molecule has 3 rings (SSSR count). The second kappa shape index (κ2) is 3.31. The molecule has 0 saturated carbocycles. The Labute approximate surface area is 91.3 Å². The maximum Gasteiger partial charge on any atom is 0.153 e. The molecule has 0 unspecified atom stereocenters. The lowest BCUT2D eigenvalue weighted by Gasteiger charge is -2.15. The van der Waals surface area contributed by atoms with Gasteiger partial charge in [-0.25, -0.2) is 4.98 Å². The van der Waals surface area contributed by atoms with Crippen molar-refractivity contribution in [1.82, 2.24) is 4.98 Å². The molecule has 4 heteroatoms. The van der Waals surface area contributed by atoms with E-state index >= 15 is 0 Å². The maximum atomic E-state index is 11.2. The van der Waals surface area contributed by atoms with Gasteiger partial charge in [-0.15, -0.1) is 11.3 Å². The molecule has 1 aromatic heterocycles. The van der Waals surface area contributed by atoms with Crippen molar-refractivity contribution in [2.75, 3.05) is 18.0 Å². The molecule has 0 aliphatic carbocycles. The summed E-state index contributed by atoms with van der Waals surface area (Å²) < 4.78 is 1.19. The second-order valence-electron chi connectivity index (χ2n) is 3.71. The quantitative estimate of drug-likeness (QED) is 0.734. The van der Waals surface area contributed by atoms with Crippen LogP contribution in [0.2, 0.25) is 0 Å². The minimum atomic E-state index is 0.333. The van der Waals surface area contributed by atoms with Gasteiger partial charge in [-0.1, -0.05) is 0 Å². The van der Waals surface area contributed by atoms with Gasteiger partial charge in [-0.3, -0.25) is 4.79 Å². The van der Waals surface area contributed by atoms with Gasteiger partial charge in [0.05, 0.1) is 22.3 Å². The molecule has 0 N–H and O–H groups in total. The van der Waals surface area contributed by atoms with Gasteiger partial charge in [0.15, 0.2) is 5.78 Å². The number of Topliss-reactive ketones (excluding diaryl/α,β-unsaturated/α-hetero) is 1. The summed E-state index contributed by atoms with van der Waals surface area (Å²) in [5.74, 6) is 0.333. The lowest BCUT2D eigenvalue weighted by atomic mass is 10.3. The zero-order chi connectivity index (χ0) is 10.3. The number of anilines is 1.